The van der Waals surface area contributed by atoms with E-state index in [2.05, 4.69) is 15.1 Å². The highest BCUT2D eigenvalue weighted by Gasteiger charge is 2.38. The van der Waals surface area contributed by atoms with Gasteiger partial charge in [-0.2, -0.15) is 18.2 Å². The molecule has 1 aliphatic carbocycles. The first kappa shape index (κ1) is 19.1. The Morgan fingerprint density at radius 2 is 1.82 bits per heavy atom. The van der Waals surface area contributed by atoms with Crippen molar-refractivity contribution >= 4 is 11.7 Å². The number of hydrogen-bond acceptors (Lipinski definition) is 4. The number of nitrogens with zero attached hydrogens (tertiary/aromatic N) is 5. The quantitative estimate of drug-likeness (QED) is 0.781. The van der Waals surface area contributed by atoms with E-state index in [1.54, 1.807) is 13.8 Å². The Labute approximate surface area is 161 Å². The van der Waals surface area contributed by atoms with Crippen LogP contribution in [0.5, 0.6) is 0 Å². The molecular formula is C19H24F3N5O. The van der Waals surface area contributed by atoms with Crippen LogP contribution < -0.4 is 0 Å². The van der Waals surface area contributed by atoms with Gasteiger partial charge in [0.25, 0.3) is 11.6 Å². The molecule has 152 valence electrons. The molecule has 28 heavy (non-hydrogen) atoms. The van der Waals surface area contributed by atoms with Gasteiger partial charge < -0.3 is 4.90 Å². The highest BCUT2D eigenvalue weighted by atomic mass is 19.4. The molecule has 6 nitrogen and oxygen atoms in total. The van der Waals surface area contributed by atoms with Crippen molar-refractivity contribution in [2.75, 3.05) is 6.54 Å². The molecule has 2 aromatic heterocycles. The predicted octanol–water partition coefficient (Wildman–Crippen LogP) is 3.48. The second-order valence-electron chi connectivity index (χ2n) is 7.92. The van der Waals surface area contributed by atoms with Crippen molar-refractivity contribution in [2.45, 2.75) is 71.0 Å². The summed E-state index contributed by atoms with van der Waals surface area (Å²) in [5.41, 5.74) is 1.64. The summed E-state index contributed by atoms with van der Waals surface area (Å²) < 4.78 is 39.9. The zero-order valence-electron chi connectivity index (χ0n) is 16.1. The number of carbonyl (C=O) groups excluding carboxylic acids is 1. The van der Waals surface area contributed by atoms with Gasteiger partial charge >= 0.3 is 6.18 Å². The Balaban J connectivity index is 1.62. The molecule has 3 heterocycles. The van der Waals surface area contributed by atoms with E-state index >= 15 is 0 Å². The number of carbonyl (C=O) groups is 1. The maximum absolute atomic E-state index is 13.1. The molecule has 2 aromatic rings. The molecule has 0 radical (unpaired) electrons. The molecule has 1 saturated heterocycles. The summed E-state index contributed by atoms with van der Waals surface area (Å²) in [5.74, 6) is -0.699. The Bertz CT molecular complexity index is 905. The summed E-state index contributed by atoms with van der Waals surface area (Å²) in [5, 5.41) is 3.56. The highest BCUT2D eigenvalue weighted by molar-refractivity contribution is 5.80. The standard InChI is InChI=1S/C19H24F3N5O/c1-11-14(12(2)27-18(23-11)24-17(25-27)19(20,21)22)10-16(28)26-9-5-7-13-6-3-4-8-15(13)26/h13,15H,3-10H2,1-2H3. The Hall–Kier alpha value is -2.19. The number of alkyl halides is 3. The first-order valence-electron chi connectivity index (χ1n) is 9.85. The van der Waals surface area contributed by atoms with Crippen molar-refractivity contribution in [3.05, 3.63) is 22.8 Å². The summed E-state index contributed by atoms with van der Waals surface area (Å²) in [6.45, 7) is 4.13. The fourth-order valence-corrected chi connectivity index (χ4v) is 4.77. The van der Waals surface area contributed by atoms with E-state index in [0.717, 1.165) is 30.3 Å². The molecule has 2 unspecified atom stereocenters. The number of piperidine rings is 1. The minimum atomic E-state index is -4.63. The molecule has 0 bridgehead atoms. The topological polar surface area (TPSA) is 63.4 Å². The van der Waals surface area contributed by atoms with Crippen molar-refractivity contribution < 1.29 is 18.0 Å². The number of rotatable bonds is 2. The Morgan fingerprint density at radius 3 is 2.57 bits per heavy atom. The molecule has 1 saturated carbocycles. The van der Waals surface area contributed by atoms with E-state index in [-0.39, 0.29) is 18.1 Å². The van der Waals surface area contributed by atoms with Crippen molar-refractivity contribution in [2.24, 2.45) is 5.92 Å². The minimum absolute atomic E-state index is 0.0279. The monoisotopic (exact) mass is 395 g/mol. The minimum Gasteiger partial charge on any atom is -0.339 e. The molecule has 2 atom stereocenters. The van der Waals surface area contributed by atoms with E-state index in [1.165, 1.54) is 19.3 Å². The number of aryl methyl sites for hydroxylation is 2. The van der Waals surface area contributed by atoms with Gasteiger partial charge in [0.2, 0.25) is 5.91 Å². The fraction of sp³-hybridized carbons (Fsp3) is 0.684. The number of amides is 1. The van der Waals surface area contributed by atoms with Crippen LogP contribution in [0.15, 0.2) is 0 Å². The predicted molar refractivity (Wildman–Crippen MR) is 95.7 cm³/mol. The third kappa shape index (κ3) is 3.35. The number of aromatic nitrogens is 4. The number of halogens is 3. The molecule has 0 N–H and O–H groups in total. The summed E-state index contributed by atoms with van der Waals surface area (Å²) in [7, 11) is 0. The van der Waals surface area contributed by atoms with E-state index < -0.39 is 12.0 Å². The lowest BCUT2D eigenvalue weighted by Crippen LogP contribution is -2.50. The summed E-state index contributed by atoms with van der Waals surface area (Å²) >= 11 is 0. The van der Waals surface area contributed by atoms with Crippen molar-refractivity contribution in [1.29, 1.82) is 0 Å². The van der Waals surface area contributed by atoms with Gasteiger partial charge in [-0.15, -0.1) is 5.10 Å². The van der Waals surface area contributed by atoms with Crippen LogP contribution in [0.4, 0.5) is 13.2 Å². The zero-order valence-corrected chi connectivity index (χ0v) is 16.1. The van der Waals surface area contributed by atoms with Gasteiger partial charge in [0.1, 0.15) is 0 Å². The van der Waals surface area contributed by atoms with Gasteiger partial charge in [-0.05, 0) is 45.4 Å². The molecule has 1 amide bonds. The molecule has 0 spiro atoms. The second kappa shape index (κ2) is 7.00. The molecule has 0 aromatic carbocycles. The van der Waals surface area contributed by atoms with Crippen molar-refractivity contribution in [1.82, 2.24) is 24.5 Å². The largest absolute Gasteiger partial charge is 0.453 e. The van der Waals surface area contributed by atoms with Crippen molar-refractivity contribution in [3.63, 3.8) is 0 Å². The molecule has 4 rings (SSSR count). The molecule has 1 aliphatic heterocycles. The molecule has 9 heteroatoms. The van der Waals surface area contributed by atoms with E-state index in [4.69, 9.17) is 0 Å². The van der Waals surface area contributed by atoms with Crippen molar-refractivity contribution in [3.8, 4) is 0 Å². The first-order chi connectivity index (χ1) is 13.3. The van der Waals surface area contributed by atoms with Crippen LogP contribution in [0, 0.1) is 19.8 Å². The lowest BCUT2D eigenvalue weighted by Gasteiger charge is -2.44. The SMILES string of the molecule is Cc1nc2nc(C(F)(F)F)nn2c(C)c1CC(=O)N1CCCC2CCCCC21. The van der Waals surface area contributed by atoms with Crippen LogP contribution in [-0.2, 0) is 17.4 Å². The third-order valence-electron chi connectivity index (χ3n) is 6.19. The van der Waals surface area contributed by atoms with Gasteiger partial charge in [0.05, 0.1) is 6.42 Å². The smallest absolute Gasteiger partial charge is 0.339 e. The second-order valence-corrected chi connectivity index (χ2v) is 7.92. The molecule has 2 aliphatic rings. The van der Waals surface area contributed by atoms with Crippen LogP contribution in [-0.4, -0.2) is 43.0 Å². The van der Waals surface area contributed by atoms with Gasteiger partial charge in [-0.3, -0.25) is 4.79 Å². The number of hydrogen-bond donors (Lipinski definition) is 0. The highest BCUT2D eigenvalue weighted by Crippen LogP contribution is 2.35. The van der Waals surface area contributed by atoms with E-state index in [9.17, 15) is 18.0 Å². The normalized spacial score (nSPS) is 23.1. The van der Waals surface area contributed by atoms with E-state index in [0.29, 0.717) is 28.9 Å². The average molecular weight is 395 g/mol. The van der Waals surface area contributed by atoms with Crippen LogP contribution in [0.2, 0.25) is 0 Å². The number of likely N-dealkylation sites (tertiary alicyclic amines) is 1. The first-order valence-corrected chi connectivity index (χ1v) is 9.85. The van der Waals surface area contributed by atoms with Crippen LogP contribution in [0.3, 0.4) is 0 Å². The van der Waals surface area contributed by atoms with Gasteiger partial charge in [-0.25, -0.2) is 9.50 Å². The van der Waals surface area contributed by atoms with Gasteiger partial charge in [-0.1, -0.05) is 12.8 Å². The van der Waals surface area contributed by atoms with E-state index in [1.807, 2.05) is 4.90 Å². The van der Waals surface area contributed by atoms with Gasteiger partial charge in [0, 0.05) is 29.5 Å². The molecular weight excluding hydrogens is 371 g/mol. The van der Waals surface area contributed by atoms with Crippen LogP contribution >= 0.6 is 0 Å². The lowest BCUT2D eigenvalue weighted by atomic mass is 9.78. The maximum atomic E-state index is 13.1. The third-order valence-corrected chi connectivity index (χ3v) is 6.19. The summed E-state index contributed by atoms with van der Waals surface area (Å²) in [6, 6.07) is 0.301. The van der Waals surface area contributed by atoms with Crippen LogP contribution in [0.1, 0.15) is 61.3 Å². The number of fused-ring (bicyclic) bond motifs is 2. The maximum Gasteiger partial charge on any atom is 0.453 e. The summed E-state index contributed by atoms with van der Waals surface area (Å²) in [4.78, 5) is 22.8. The van der Waals surface area contributed by atoms with Crippen LogP contribution in [0.25, 0.3) is 5.78 Å². The Morgan fingerprint density at radius 1 is 1.11 bits per heavy atom. The van der Waals surface area contributed by atoms with Gasteiger partial charge in [0.15, 0.2) is 0 Å². The fourth-order valence-electron chi connectivity index (χ4n) is 4.77. The zero-order chi connectivity index (χ0) is 20.1. The summed E-state index contributed by atoms with van der Waals surface area (Å²) in [6.07, 6.45) is 2.30. The average Bonchev–Trinajstić information content (AvgIpc) is 3.09. The lowest BCUT2D eigenvalue weighted by molar-refractivity contribution is -0.144. The Kier molecular flexibility index (Phi) is 4.79. The molecule has 2 fully saturated rings.